The van der Waals surface area contributed by atoms with Gasteiger partial charge >= 0.3 is 0 Å². The quantitative estimate of drug-likeness (QED) is 0.145. The zero-order valence-corrected chi connectivity index (χ0v) is 37.6. The topological polar surface area (TPSA) is 29.5 Å². The van der Waals surface area contributed by atoms with Crippen LogP contribution in [0.1, 0.15) is 0 Å². The number of hydrogen-bond donors (Lipinski definition) is 0. The van der Waals surface area contributed by atoms with Gasteiger partial charge in [0.2, 0.25) is 0 Å². The molecule has 0 amide bonds. The lowest BCUT2D eigenvalue weighted by Crippen LogP contribution is -2.09. The SMILES string of the molecule is c1ccc(-c2ccc(-c3ccc(N(c4ccc(-c5cccc(-c6ccc7oc8ccccc8c7c6)c5)cc4)c4ccc(-c5cccc(-c6ccc7oc8ccccc8c7c6)c5)cc4)cc3)cc2)cc1. The lowest BCUT2D eigenvalue weighted by molar-refractivity contribution is 0.668. The molecule has 69 heavy (non-hydrogen) atoms. The molecular formula is C66H43NO2. The van der Waals surface area contributed by atoms with Crippen molar-refractivity contribution < 1.29 is 8.83 Å². The highest BCUT2D eigenvalue weighted by Crippen LogP contribution is 2.40. The van der Waals surface area contributed by atoms with E-state index in [9.17, 15) is 0 Å². The second-order valence-corrected chi connectivity index (χ2v) is 17.7. The molecule has 3 nitrogen and oxygen atoms in total. The molecule has 0 saturated heterocycles. The smallest absolute Gasteiger partial charge is 0.135 e. The Balaban J connectivity index is 0.827. The Hall–Kier alpha value is -9.18. The van der Waals surface area contributed by atoms with Crippen LogP contribution in [-0.4, -0.2) is 0 Å². The predicted molar refractivity (Wildman–Crippen MR) is 288 cm³/mol. The van der Waals surface area contributed by atoms with Crippen LogP contribution in [0.25, 0.3) is 111 Å². The average molecular weight is 882 g/mol. The van der Waals surface area contributed by atoms with Crippen LogP contribution in [0.3, 0.4) is 0 Å². The monoisotopic (exact) mass is 881 g/mol. The van der Waals surface area contributed by atoms with Crippen LogP contribution in [0.15, 0.2) is 270 Å². The highest BCUT2D eigenvalue weighted by molar-refractivity contribution is 6.07. The number of para-hydroxylation sites is 2. The average Bonchev–Trinajstić information content (AvgIpc) is 4.00. The van der Waals surface area contributed by atoms with E-state index in [1.807, 2.05) is 24.3 Å². The van der Waals surface area contributed by atoms with Crippen molar-refractivity contribution in [3.05, 3.63) is 261 Å². The number of anilines is 3. The number of rotatable bonds is 9. The summed E-state index contributed by atoms with van der Waals surface area (Å²) >= 11 is 0. The van der Waals surface area contributed by atoms with Gasteiger partial charge in [-0.25, -0.2) is 0 Å². The summed E-state index contributed by atoms with van der Waals surface area (Å²) in [7, 11) is 0. The van der Waals surface area contributed by atoms with Gasteiger partial charge in [-0.3, -0.25) is 0 Å². The van der Waals surface area contributed by atoms with E-state index in [1.54, 1.807) is 0 Å². The minimum Gasteiger partial charge on any atom is -0.456 e. The van der Waals surface area contributed by atoms with Gasteiger partial charge in [-0.2, -0.15) is 0 Å². The van der Waals surface area contributed by atoms with Gasteiger partial charge in [-0.05, 0) is 152 Å². The van der Waals surface area contributed by atoms with E-state index in [4.69, 9.17) is 8.83 Å². The second-order valence-electron chi connectivity index (χ2n) is 17.7. The lowest BCUT2D eigenvalue weighted by atomic mass is 9.97. The fourth-order valence-corrected chi connectivity index (χ4v) is 9.91. The highest BCUT2D eigenvalue weighted by Gasteiger charge is 2.16. The Labute approximate surface area is 400 Å². The molecule has 0 aliphatic carbocycles. The number of nitrogens with zero attached hydrogens (tertiary/aromatic N) is 1. The Bertz CT molecular complexity index is 3770. The van der Waals surface area contributed by atoms with Gasteiger partial charge in [0, 0.05) is 38.6 Å². The maximum Gasteiger partial charge on any atom is 0.135 e. The Morgan fingerprint density at radius 2 is 0.464 bits per heavy atom. The van der Waals surface area contributed by atoms with Crippen molar-refractivity contribution in [1.29, 1.82) is 0 Å². The third-order valence-corrected chi connectivity index (χ3v) is 13.5. The standard InChI is InChI=1S/C66H43NO2/c1-2-10-44(11-3-1)45-20-22-46(23-21-45)47-24-32-56(33-25-47)67(57-34-26-48(27-35-57)50-12-8-14-52(40-50)54-30-38-65-61(42-54)59-16-4-6-18-63(59)68-65)58-36-28-49(29-37-58)51-13-9-15-53(41-51)55-31-39-66-62(43-55)60-17-5-7-19-64(60)69-66/h1-43H. The van der Waals surface area contributed by atoms with Gasteiger partial charge in [0.15, 0.2) is 0 Å². The van der Waals surface area contributed by atoms with E-state index in [0.29, 0.717) is 0 Å². The molecule has 0 spiro atoms. The molecule has 0 aliphatic heterocycles. The fourth-order valence-electron chi connectivity index (χ4n) is 9.91. The Morgan fingerprint density at radius 3 is 0.884 bits per heavy atom. The first-order chi connectivity index (χ1) is 34.1. The van der Waals surface area contributed by atoms with Crippen molar-refractivity contribution in [1.82, 2.24) is 0 Å². The zero-order valence-electron chi connectivity index (χ0n) is 37.6. The maximum absolute atomic E-state index is 6.13. The number of hydrogen-bond acceptors (Lipinski definition) is 3. The van der Waals surface area contributed by atoms with E-state index in [1.165, 1.54) is 33.4 Å². The van der Waals surface area contributed by atoms with Gasteiger partial charge in [0.25, 0.3) is 0 Å². The Kier molecular flexibility index (Phi) is 9.84. The largest absolute Gasteiger partial charge is 0.456 e. The van der Waals surface area contributed by atoms with Crippen LogP contribution < -0.4 is 4.90 Å². The molecule has 324 valence electrons. The first kappa shape index (κ1) is 40.1. The number of benzene rings is 11. The van der Waals surface area contributed by atoms with Crippen LogP contribution in [0.4, 0.5) is 17.1 Å². The van der Waals surface area contributed by atoms with Crippen LogP contribution in [0.5, 0.6) is 0 Å². The molecule has 0 radical (unpaired) electrons. The van der Waals surface area contributed by atoms with Crippen molar-refractivity contribution >= 4 is 60.9 Å². The fraction of sp³-hybridized carbons (Fsp3) is 0. The summed E-state index contributed by atoms with van der Waals surface area (Å²) in [6.45, 7) is 0. The number of furan rings is 2. The van der Waals surface area contributed by atoms with Crippen LogP contribution in [0.2, 0.25) is 0 Å². The van der Waals surface area contributed by atoms with Crippen molar-refractivity contribution in [2.45, 2.75) is 0 Å². The molecule has 0 bridgehead atoms. The first-order valence-corrected chi connectivity index (χ1v) is 23.5. The van der Waals surface area contributed by atoms with E-state index < -0.39 is 0 Å². The molecule has 3 heteroatoms. The lowest BCUT2D eigenvalue weighted by Gasteiger charge is -2.26. The summed E-state index contributed by atoms with van der Waals surface area (Å²) in [6, 6.07) is 93.3. The van der Waals surface area contributed by atoms with Gasteiger partial charge in [0.05, 0.1) is 0 Å². The molecule has 2 aromatic heterocycles. The summed E-state index contributed by atoms with van der Waals surface area (Å²) in [5, 5.41) is 4.53. The maximum atomic E-state index is 6.13. The van der Waals surface area contributed by atoms with Crippen molar-refractivity contribution in [2.24, 2.45) is 0 Å². The molecule has 0 saturated carbocycles. The molecular weight excluding hydrogens is 839 g/mol. The second kappa shape index (κ2) is 16.9. The summed E-state index contributed by atoms with van der Waals surface area (Å²) < 4.78 is 12.3. The van der Waals surface area contributed by atoms with E-state index in [0.717, 1.165) is 94.3 Å². The zero-order chi connectivity index (χ0) is 45.7. The minimum absolute atomic E-state index is 0.904. The first-order valence-electron chi connectivity index (χ1n) is 23.5. The van der Waals surface area contributed by atoms with Gasteiger partial charge in [-0.15, -0.1) is 0 Å². The normalized spacial score (nSPS) is 11.5. The molecule has 0 aliphatic rings. The molecule has 11 aromatic carbocycles. The molecule has 0 fully saturated rings. The Morgan fingerprint density at radius 1 is 0.188 bits per heavy atom. The van der Waals surface area contributed by atoms with Gasteiger partial charge in [0.1, 0.15) is 22.3 Å². The predicted octanol–water partition coefficient (Wildman–Crippen LogP) is 19.0. The van der Waals surface area contributed by atoms with Gasteiger partial charge < -0.3 is 13.7 Å². The molecule has 0 N–H and O–H groups in total. The van der Waals surface area contributed by atoms with Gasteiger partial charge in [-0.1, -0.05) is 176 Å². The summed E-state index contributed by atoms with van der Waals surface area (Å²) in [6.07, 6.45) is 0. The third-order valence-electron chi connectivity index (χ3n) is 13.5. The summed E-state index contributed by atoms with van der Waals surface area (Å²) in [5.74, 6) is 0. The van der Waals surface area contributed by atoms with Crippen molar-refractivity contribution in [2.75, 3.05) is 4.90 Å². The highest BCUT2D eigenvalue weighted by atomic mass is 16.3. The number of fused-ring (bicyclic) bond motifs is 6. The van der Waals surface area contributed by atoms with Crippen LogP contribution in [0, 0.1) is 0 Å². The van der Waals surface area contributed by atoms with E-state index >= 15 is 0 Å². The van der Waals surface area contributed by atoms with Crippen molar-refractivity contribution in [3.8, 4) is 66.8 Å². The molecule has 0 unspecified atom stereocenters. The molecule has 2 heterocycles. The molecule has 13 rings (SSSR count). The van der Waals surface area contributed by atoms with Crippen LogP contribution in [-0.2, 0) is 0 Å². The summed E-state index contributed by atoms with van der Waals surface area (Å²) in [4.78, 5) is 2.34. The molecule has 13 aromatic rings. The van der Waals surface area contributed by atoms with Crippen LogP contribution >= 0.6 is 0 Å². The van der Waals surface area contributed by atoms with Crippen molar-refractivity contribution in [3.63, 3.8) is 0 Å². The molecule has 0 atom stereocenters. The van der Waals surface area contributed by atoms with E-state index in [2.05, 4.69) is 241 Å². The third kappa shape index (κ3) is 7.53. The minimum atomic E-state index is 0.904. The van der Waals surface area contributed by atoms with E-state index in [-0.39, 0.29) is 0 Å². The summed E-state index contributed by atoms with van der Waals surface area (Å²) in [5.41, 5.74) is 20.9.